The summed E-state index contributed by atoms with van der Waals surface area (Å²) in [7, 11) is -0.680. The first kappa shape index (κ1) is 12.2. The van der Waals surface area contributed by atoms with E-state index < -0.39 is 10.8 Å². The molecule has 0 saturated heterocycles. The summed E-state index contributed by atoms with van der Waals surface area (Å²) in [5, 5.41) is 0.685. The summed E-state index contributed by atoms with van der Waals surface area (Å²) in [6.45, 7) is 7.11. The topological polar surface area (TPSA) is 43.1 Å². The Hall–Kier alpha value is 0.110. The summed E-state index contributed by atoms with van der Waals surface area (Å²) >= 11 is 0. The molecule has 4 unspecified atom stereocenters. The van der Waals surface area contributed by atoms with Crippen molar-refractivity contribution in [1.29, 1.82) is 0 Å². The molecule has 3 heteroatoms. The molecule has 14 heavy (non-hydrogen) atoms. The number of nitrogens with two attached hydrogens (primary N) is 1. The predicted octanol–water partition coefficient (Wildman–Crippen LogP) is 1.91. The SMILES string of the molecule is CC(C)C(C)S(=O)C1CCCC1CN. The van der Waals surface area contributed by atoms with E-state index in [-0.39, 0.29) is 0 Å². The minimum absolute atomic E-state index is 0.312. The molecular formula is C11H23NOS. The second-order valence-corrected chi connectivity index (χ2v) is 6.75. The fraction of sp³-hybridized carbons (Fsp3) is 1.00. The molecule has 84 valence electrons. The van der Waals surface area contributed by atoms with Crippen LogP contribution in [0.4, 0.5) is 0 Å². The van der Waals surface area contributed by atoms with E-state index in [1.54, 1.807) is 0 Å². The Balaban J connectivity index is 2.59. The lowest BCUT2D eigenvalue weighted by atomic mass is 10.1. The van der Waals surface area contributed by atoms with Gasteiger partial charge in [0, 0.05) is 21.3 Å². The predicted molar refractivity (Wildman–Crippen MR) is 62.6 cm³/mol. The van der Waals surface area contributed by atoms with Gasteiger partial charge >= 0.3 is 0 Å². The van der Waals surface area contributed by atoms with Gasteiger partial charge in [-0.05, 0) is 31.2 Å². The third-order valence-electron chi connectivity index (χ3n) is 3.50. The van der Waals surface area contributed by atoms with Crippen LogP contribution in [0.15, 0.2) is 0 Å². The molecule has 1 aliphatic rings. The third-order valence-corrected chi connectivity index (χ3v) is 5.99. The average Bonchev–Trinajstić information content (AvgIpc) is 2.62. The van der Waals surface area contributed by atoms with Gasteiger partial charge < -0.3 is 5.73 Å². The average molecular weight is 217 g/mol. The molecule has 0 aliphatic heterocycles. The molecule has 1 rings (SSSR count). The van der Waals surface area contributed by atoms with Crippen LogP contribution in [0, 0.1) is 11.8 Å². The van der Waals surface area contributed by atoms with E-state index in [1.807, 2.05) is 0 Å². The van der Waals surface area contributed by atoms with Crippen molar-refractivity contribution in [2.24, 2.45) is 17.6 Å². The molecule has 0 spiro atoms. The largest absolute Gasteiger partial charge is 0.330 e. The molecule has 2 N–H and O–H groups in total. The lowest BCUT2D eigenvalue weighted by Crippen LogP contribution is -2.33. The van der Waals surface area contributed by atoms with E-state index in [0.29, 0.717) is 28.9 Å². The quantitative estimate of drug-likeness (QED) is 0.781. The van der Waals surface area contributed by atoms with E-state index in [2.05, 4.69) is 20.8 Å². The first-order valence-electron chi connectivity index (χ1n) is 5.67. The fourth-order valence-corrected chi connectivity index (χ4v) is 4.24. The molecular weight excluding hydrogens is 194 g/mol. The minimum atomic E-state index is -0.680. The lowest BCUT2D eigenvalue weighted by Gasteiger charge is -2.23. The second-order valence-electron chi connectivity index (χ2n) is 4.74. The molecule has 0 aromatic rings. The summed E-state index contributed by atoms with van der Waals surface area (Å²) in [5.74, 6) is 1.02. The molecule has 1 saturated carbocycles. The van der Waals surface area contributed by atoms with Crippen LogP contribution < -0.4 is 5.73 Å². The molecule has 1 fully saturated rings. The highest BCUT2D eigenvalue weighted by Gasteiger charge is 2.33. The normalized spacial score (nSPS) is 32.1. The van der Waals surface area contributed by atoms with Crippen molar-refractivity contribution in [1.82, 2.24) is 0 Å². The van der Waals surface area contributed by atoms with Crippen LogP contribution in [0.5, 0.6) is 0 Å². The van der Waals surface area contributed by atoms with Crippen molar-refractivity contribution in [3.63, 3.8) is 0 Å². The van der Waals surface area contributed by atoms with Crippen molar-refractivity contribution in [3.8, 4) is 0 Å². The molecule has 0 aromatic carbocycles. The van der Waals surface area contributed by atoms with Crippen LogP contribution in [0.3, 0.4) is 0 Å². The van der Waals surface area contributed by atoms with Crippen LogP contribution >= 0.6 is 0 Å². The Kier molecular flexibility index (Phi) is 4.58. The second kappa shape index (κ2) is 5.26. The van der Waals surface area contributed by atoms with E-state index in [1.165, 1.54) is 12.8 Å². The Morgan fingerprint density at radius 3 is 2.50 bits per heavy atom. The van der Waals surface area contributed by atoms with Gasteiger partial charge in [-0.1, -0.05) is 27.2 Å². The van der Waals surface area contributed by atoms with Gasteiger partial charge in [0.15, 0.2) is 0 Å². The molecule has 1 aliphatic carbocycles. The maximum absolute atomic E-state index is 12.2. The van der Waals surface area contributed by atoms with Gasteiger partial charge in [-0.25, -0.2) is 0 Å². The Morgan fingerprint density at radius 2 is 2.00 bits per heavy atom. The zero-order chi connectivity index (χ0) is 10.7. The van der Waals surface area contributed by atoms with Gasteiger partial charge in [-0.15, -0.1) is 0 Å². The van der Waals surface area contributed by atoms with Crippen LogP contribution in [0.25, 0.3) is 0 Å². The highest BCUT2D eigenvalue weighted by atomic mass is 32.2. The maximum atomic E-state index is 12.2. The molecule has 0 bridgehead atoms. The molecule has 0 heterocycles. The maximum Gasteiger partial charge on any atom is 0.0391 e. The summed E-state index contributed by atoms with van der Waals surface area (Å²) in [6, 6.07) is 0. The monoisotopic (exact) mass is 217 g/mol. The number of hydrogen-bond acceptors (Lipinski definition) is 2. The highest BCUT2D eigenvalue weighted by molar-refractivity contribution is 7.86. The molecule has 0 aromatic heterocycles. The smallest absolute Gasteiger partial charge is 0.0391 e. The fourth-order valence-electron chi connectivity index (χ4n) is 2.12. The van der Waals surface area contributed by atoms with Gasteiger partial charge in [0.1, 0.15) is 0 Å². The van der Waals surface area contributed by atoms with Crippen molar-refractivity contribution in [2.45, 2.75) is 50.5 Å². The first-order chi connectivity index (χ1) is 6.57. The summed E-state index contributed by atoms with van der Waals surface area (Å²) in [6.07, 6.45) is 3.51. The van der Waals surface area contributed by atoms with Gasteiger partial charge in [0.25, 0.3) is 0 Å². The van der Waals surface area contributed by atoms with Gasteiger partial charge in [-0.2, -0.15) is 0 Å². The third kappa shape index (κ3) is 2.57. The van der Waals surface area contributed by atoms with E-state index >= 15 is 0 Å². The van der Waals surface area contributed by atoms with E-state index in [9.17, 15) is 4.21 Å². The molecule has 2 nitrogen and oxygen atoms in total. The Labute approximate surface area is 90.1 Å². The van der Waals surface area contributed by atoms with E-state index in [4.69, 9.17) is 5.73 Å². The number of rotatable bonds is 4. The van der Waals surface area contributed by atoms with E-state index in [0.717, 1.165) is 6.42 Å². The lowest BCUT2D eigenvalue weighted by molar-refractivity contribution is 0.541. The zero-order valence-electron chi connectivity index (χ0n) is 9.53. The molecule has 0 amide bonds. The highest BCUT2D eigenvalue weighted by Crippen LogP contribution is 2.31. The van der Waals surface area contributed by atoms with Gasteiger partial charge in [0.05, 0.1) is 0 Å². The molecule has 4 atom stereocenters. The summed E-state index contributed by atoms with van der Waals surface area (Å²) in [4.78, 5) is 0. The van der Waals surface area contributed by atoms with Crippen molar-refractivity contribution >= 4 is 10.8 Å². The number of hydrogen-bond donors (Lipinski definition) is 1. The van der Waals surface area contributed by atoms with Crippen molar-refractivity contribution in [3.05, 3.63) is 0 Å². The van der Waals surface area contributed by atoms with Crippen LogP contribution in [0.2, 0.25) is 0 Å². The van der Waals surface area contributed by atoms with Crippen LogP contribution in [-0.4, -0.2) is 21.3 Å². The van der Waals surface area contributed by atoms with Crippen molar-refractivity contribution < 1.29 is 4.21 Å². The standard InChI is InChI=1S/C11H23NOS/c1-8(2)9(3)14(13)11-6-4-5-10(11)7-12/h8-11H,4-7,12H2,1-3H3. The first-order valence-corrected chi connectivity index (χ1v) is 6.95. The summed E-state index contributed by atoms with van der Waals surface area (Å²) < 4.78 is 12.2. The Morgan fingerprint density at radius 1 is 1.36 bits per heavy atom. The van der Waals surface area contributed by atoms with Crippen LogP contribution in [-0.2, 0) is 10.8 Å². The Bertz CT molecular complexity index is 205. The van der Waals surface area contributed by atoms with Crippen molar-refractivity contribution in [2.75, 3.05) is 6.54 Å². The van der Waals surface area contributed by atoms with Gasteiger partial charge in [0.2, 0.25) is 0 Å². The summed E-state index contributed by atoms with van der Waals surface area (Å²) in [5.41, 5.74) is 5.70. The minimum Gasteiger partial charge on any atom is -0.330 e. The van der Waals surface area contributed by atoms with Gasteiger partial charge in [-0.3, -0.25) is 4.21 Å². The van der Waals surface area contributed by atoms with Crippen LogP contribution in [0.1, 0.15) is 40.0 Å². The molecule has 0 radical (unpaired) electrons. The zero-order valence-corrected chi connectivity index (χ0v) is 10.3.